The van der Waals surface area contributed by atoms with Crippen LogP contribution in [0.4, 0.5) is 0 Å². The molecule has 0 saturated carbocycles. The highest BCUT2D eigenvalue weighted by atomic mass is 16.5. The molecular formula is C13H18O4. The van der Waals surface area contributed by atoms with Crippen molar-refractivity contribution in [3.05, 3.63) is 23.8 Å². The van der Waals surface area contributed by atoms with E-state index in [0.29, 0.717) is 5.75 Å². The van der Waals surface area contributed by atoms with Gasteiger partial charge in [-0.2, -0.15) is 0 Å². The molecule has 0 atom stereocenters. The summed E-state index contributed by atoms with van der Waals surface area (Å²) >= 11 is 0. The number of phenolic OH excluding ortho intramolecular Hbond substituents is 1. The second-order valence-corrected chi connectivity index (χ2v) is 3.73. The number of hydrogen-bond acceptors (Lipinski definition) is 4. The van der Waals surface area contributed by atoms with E-state index in [4.69, 9.17) is 4.74 Å². The van der Waals surface area contributed by atoms with Gasteiger partial charge in [0.05, 0.1) is 13.2 Å². The van der Waals surface area contributed by atoms with Gasteiger partial charge in [0.15, 0.2) is 0 Å². The van der Waals surface area contributed by atoms with Crippen LogP contribution in [0.25, 0.3) is 0 Å². The minimum Gasteiger partial charge on any atom is -0.507 e. The first kappa shape index (κ1) is 13.4. The Morgan fingerprint density at radius 1 is 1.35 bits per heavy atom. The lowest BCUT2D eigenvalue weighted by Crippen LogP contribution is -2.13. The van der Waals surface area contributed by atoms with Crippen molar-refractivity contribution < 1.29 is 19.4 Å². The highest BCUT2D eigenvalue weighted by molar-refractivity contribution is 5.92. The molecule has 0 unspecified atom stereocenters. The molecule has 0 aliphatic heterocycles. The molecule has 0 radical (unpaired) electrons. The van der Waals surface area contributed by atoms with Gasteiger partial charge in [0.25, 0.3) is 0 Å². The summed E-state index contributed by atoms with van der Waals surface area (Å²) < 4.78 is 10.2. The Kier molecular flexibility index (Phi) is 4.82. The zero-order valence-corrected chi connectivity index (χ0v) is 10.4. The van der Waals surface area contributed by atoms with Crippen LogP contribution in [0.15, 0.2) is 18.2 Å². The predicted molar refractivity (Wildman–Crippen MR) is 64.4 cm³/mol. The van der Waals surface area contributed by atoms with E-state index < -0.39 is 5.97 Å². The van der Waals surface area contributed by atoms with Crippen molar-refractivity contribution in [3.8, 4) is 11.5 Å². The van der Waals surface area contributed by atoms with Gasteiger partial charge in [-0.3, -0.25) is 0 Å². The summed E-state index contributed by atoms with van der Waals surface area (Å²) in [4.78, 5) is 11.3. The number of benzene rings is 1. The Bertz CT molecular complexity index is 383. The Morgan fingerprint density at radius 2 is 2.00 bits per heavy atom. The van der Waals surface area contributed by atoms with Crippen LogP contribution in [-0.4, -0.2) is 24.3 Å². The smallest absolute Gasteiger partial charge is 0.341 e. The molecule has 0 aliphatic carbocycles. The summed E-state index contributed by atoms with van der Waals surface area (Å²) in [7, 11) is 1.27. The highest BCUT2D eigenvalue weighted by Gasteiger charge is 2.13. The minimum absolute atomic E-state index is 0.123. The fraction of sp³-hybridized carbons (Fsp3) is 0.462. The normalized spacial score (nSPS) is 10.4. The molecule has 0 aromatic heterocycles. The first-order valence-corrected chi connectivity index (χ1v) is 5.70. The van der Waals surface area contributed by atoms with Crippen molar-refractivity contribution in [1.29, 1.82) is 0 Å². The monoisotopic (exact) mass is 238 g/mol. The van der Waals surface area contributed by atoms with Crippen LogP contribution in [0.3, 0.4) is 0 Å². The van der Waals surface area contributed by atoms with Gasteiger partial charge in [0.2, 0.25) is 0 Å². The molecule has 1 aromatic rings. The van der Waals surface area contributed by atoms with Crippen molar-refractivity contribution in [3.63, 3.8) is 0 Å². The first-order chi connectivity index (χ1) is 8.12. The lowest BCUT2D eigenvalue weighted by Gasteiger charge is -2.16. The van der Waals surface area contributed by atoms with Crippen molar-refractivity contribution >= 4 is 5.97 Å². The second kappa shape index (κ2) is 6.13. The van der Waals surface area contributed by atoms with Gasteiger partial charge >= 0.3 is 5.97 Å². The molecule has 94 valence electrons. The van der Waals surface area contributed by atoms with E-state index in [0.717, 1.165) is 12.8 Å². The third kappa shape index (κ3) is 3.37. The molecular weight excluding hydrogens is 220 g/mol. The van der Waals surface area contributed by atoms with Crippen LogP contribution in [0, 0.1) is 0 Å². The quantitative estimate of drug-likeness (QED) is 0.801. The molecule has 0 fully saturated rings. The lowest BCUT2D eigenvalue weighted by atomic mass is 10.2. The maximum Gasteiger partial charge on any atom is 0.341 e. The maximum absolute atomic E-state index is 11.3. The number of phenols is 1. The molecule has 0 heterocycles. The van der Waals surface area contributed by atoms with Crippen molar-refractivity contribution in [2.24, 2.45) is 0 Å². The number of rotatable bonds is 5. The Labute approximate surface area is 101 Å². The van der Waals surface area contributed by atoms with E-state index in [1.54, 1.807) is 6.07 Å². The molecule has 0 aliphatic rings. The summed E-state index contributed by atoms with van der Waals surface area (Å²) in [6.07, 6.45) is 1.92. The van der Waals surface area contributed by atoms with E-state index in [9.17, 15) is 9.90 Å². The van der Waals surface area contributed by atoms with Crippen molar-refractivity contribution in [2.75, 3.05) is 7.11 Å². The molecule has 4 nitrogen and oxygen atoms in total. The molecule has 0 bridgehead atoms. The largest absolute Gasteiger partial charge is 0.507 e. The number of esters is 1. The molecule has 0 saturated heterocycles. The van der Waals surface area contributed by atoms with E-state index in [1.807, 2.05) is 13.8 Å². The zero-order valence-electron chi connectivity index (χ0n) is 10.4. The van der Waals surface area contributed by atoms with Crippen LogP contribution >= 0.6 is 0 Å². The lowest BCUT2D eigenvalue weighted by molar-refractivity contribution is 0.0597. The van der Waals surface area contributed by atoms with Crippen LogP contribution in [0.1, 0.15) is 37.0 Å². The number of hydrogen-bond donors (Lipinski definition) is 1. The molecule has 1 rings (SSSR count). The standard InChI is InChI=1S/C13H18O4/c1-4-9(5-2)17-10-6-7-11(12(14)8-10)13(15)16-3/h6-9,14H,4-5H2,1-3H3. The van der Waals surface area contributed by atoms with E-state index in [-0.39, 0.29) is 17.4 Å². The Balaban J connectivity index is 2.85. The van der Waals surface area contributed by atoms with Gasteiger partial charge in [-0.15, -0.1) is 0 Å². The topological polar surface area (TPSA) is 55.8 Å². The van der Waals surface area contributed by atoms with Crippen LogP contribution < -0.4 is 4.74 Å². The minimum atomic E-state index is -0.559. The average molecular weight is 238 g/mol. The van der Waals surface area contributed by atoms with Gasteiger partial charge < -0.3 is 14.6 Å². The first-order valence-electron chi connectivity index (χ1n) is 5.70. The Morgan fingerprint density at radius 3 is 2.47 bits per heavy atom. The number of methoxy groups -OCH3 is 1. The van der Waals surface area contributed by atoms with Gasteiger partial charge in [-0.1, -0.05) is 13.8 Å². The zero-order chi connectivity index (χ0) is 12.8. The molecule has 1 aromatic carbocycles. The van der Waals surface area contributed by atoms with Crippen LogP contribution in [0.5, 0.6) is 11.5 Å². The van der Waals surface area contributed by atoms with E-state index >= 15 is 0 Å². The number of carbonyl (C=O) groups excluding carboxylic acids is 1. The molecule has 0 spiro atoms. The third-order valence-corrected chi connectivity index (χ3v) is 2.59. The Hall–Kier alpha value is -1.71. The fourth-order valence-corrected chi connectivity index (χ4v) is 1.52. The summed E-state index contributed by atoms with van der Waals surface area (Å²) in [5.41, 5.74) is 0.143. The maximum atomic E-state index is 11.3. The van der Waals surface area contributed by atoms with Gasteiger partial charge in [0, 0.05) is 6.07 Å². The number of ether oxygens (including phenoxy) is 2. The van der Waals surface area contributed by atoms with Gasteiger partial charge in [-0.25, -0.2) is 4.79 Å². The summed E-state index contributed by atoms with van der Waals surface area (Å²) in [5, 5.41) is 9.67. The van der Waals surface area contributed by atoms with Gasteiger partial charge in [0.1, 0.15) is 17.1 Å². The fourth-order valence-electron chi connectivity index (χ4n) is 1.52. The highest BCUT2D eigenvalue weighted by Crippen LogP contribution is 2.25. The average Bonchev–Trinajstić information content (AvgIpc) is 2.35. The third-order valence-electron chi connectivity index (χ3n) is 2.59. The van der Waals surface area contributed by atoms with Crippen LogP contribution in [0.2, 0.25) is 0 Å². The molecule has 0 amide bonds. The summed E-state index contributed by atoms with van der Waals surface area (Å²) in [5.74, 6) is -0.124. The van der Waals surface area contributed by atoms with Crippen LogP contribution in [-0.2, 0) is 4.74 Å². The molecule has 1 N–H and O–H groups in total. The number of aromatic hydroxyl groups is 1. The predicted octanol–water partition coefficient (Wildman–Crippen LogP) is 2.75. The second-order valence-electron chi connectivity index (χ2n) is 3.73. The van der Waals surface area contributed by atoms with Gasteiger partial charge in [-0.05, 0) is 25.0 Å². The SMILES string of the molecule is CCC(CC)Oc1ccc(C(=O)OC)c(O)c1. The van der Waals surface area contributed by atoms with E-state index in [2.05, 4.69) is 4.74 Å². The summed E-state index contributed by atoms with van der Waals surface area (Å²) in [6, 6.07) is 4.59. The van der Waals surface area contributed by atoms with Crippen molar-refractivity contribution in [2.45, 2.75) is 32.8 Å². The van der Waals surface area contributed by atoms with Crippen molar-refractivity contribution in [1.82, 2.24) is 0 Å². The number of carbonyl (C=O) groups is 1. The molecule has 17 heavy (non-hydrogen) atoms. The van der Waals surface area contributed by atoms with E-state index in [1.165, 1.54) is 19.2 Å². The summed E-state index contributed by atoms with van der Waals surface area (Å²) in [6.45, 7) is 4.08. The molecule has 4 heteroatoms.